The number of aromatic nitrogens is 3. The van der Waals surface area contributed by atoms with Crippen molar-refractivity contribution in [3.63, 3.8) is 0 Å². The minimum Gasteiger partial charge on any atom is -0.342 e. The minimum atomic E-state index is -0.690. The number of nitrogens with one attached hydrogen (secondary N) is 4. The topological polar surface area (TPSA) is 104 Å². The molecule has 1 heterocycles. The lowest BCUT2D eigenvalue weighted by Crippen LogP contribution is -2.33. The molecule has 0 saturated carbocycles. The lowest BCUT2D eigenvalue weighted by molar-refractivity contribution is -0.116. The standard InChI is InChI=1S/C26H25F2N7O/c1-15-5-4-6-22(16(15)2)32-23(36)17(3)29-24-33-25(30-20-11-7-18(27)8-12-20)35-26(34-24)31-21-13-9-19(28)10-14-21/h4-14,17H,1-3H3,(H,32,36)(H3,29,30,31,33,34,35). The van der Waals surface area contributed by atoms with Crippen LogP contribution in [0.4, 0.5) is 43.7 Å². The molecule has 4 N–H and O–H groups in total. The Balaban J connectivity index is 1.56. The summed E-state index contributed by atoms with van der Waals surface area (Å²) in [6.45, 7) is 5.60. The molecule has 10 heteroatoms. The molecule has 0 aliphatic heterocycles. The number of nitrogens with zero attached hydrogens (tertiary/aromatic N) is 3. The molecule has 0 bridgehead atoms. The summed E-state index contributed by atoms with van der Waals surface area (Å²) < 4.78 is 26.6. The maximum atomic E-state index is 13.3. The summed E-state index contributed by atoms with van der Waals surface area (Å²) in [6.07, 6.45) is 0. The number of rotatable bonds is 8. The van der Waals surface area contributed by atoms with E-state index in [0.29, 0.717) is 11.4 Å². The van der Waals surface area contributed by atoms with Crippen molar-refractivity contribution >= 4 is 40.8 Å². The van der Waals surface area contributed by atoms with E-state index in [0.717, 1.165) is 16.8 Å². The van der Waals surface area contributed by atoms with Gasteiger partial charge in [-0.2, -0.15) is 15.0 Å². The normalized spacial score (nSPS) is 11.5. The molecular weight excluding hydrogens is 464 g/mol. The van der Waals surface area contributed by atoms with E-state index in [-0.39, 0.29) is 35.4 Å². The molecule has 3 aromatic carbocycles. The van der Waals surface area contributed by atoms with E-state index in [1.165, 1.54) is 24.3 Å². The van der Waals surface area contributed by atoms with Crippen molar-refractivity contribution in [3.05, 3.63) is 89.5 Å². The molecular formula is C26H25F2N7O. The van der Waals surface area contributed by atoms with Gasteiger partial charge in [-0.05, 0) is 86.5 Å². The predicted octanol–water partition coefficient (Wildman–Crippen LogP) is 5.69. The molecule has 4 aromatic rings. The van der Waals surface area contributed by atoms with Crippen LogP contribution in [-0.4, -0.2) is 26.9 Å². The first-order chi connectivity index (χ1) is 17.3. The van der Waals surface area contributed by atoms with Crippen LogP contribution in [0.15, 0.2) is 66.7 Å². The molecule has 0 aliphatic carbocycles. The Kier molecular flexibility index (Phi) is 7.33. The number of carbonyl (C=O) groups excluding carboxylic acids is 1. The highest BCUT2D eigenvalue weighted by Crippen LogP contribution is 2.21. The summed E-state index contributed by atoms with van der Waals surface area (Å²) in [5.41, 5.74) is 3.89. The Morgan fingerprint density at radius 3 is 1.78 bits per heavy atom. The van der Waals surface area contributed by atoms with Gasteiger partial charge in [-0.1, -0.05) is 12.1 Å². The maximum Gasteiger partial charge on any atom is 0.246 e. The Labute approximate surface area is 207 Å². The number of anilines is 6. The van der Waals surface area contributed by atoms with E-state index in [1.807, 2.05) is 32.0 Å². The van der Waals surface area contributed by atoms with Gasteiger partial charge in [-0.3, -0.25) is 4.79 Å². The molecule has 36 heavy (non-hydrogen) atoms. The maximum absolute atomic E-state index is 13.3. The molecule has 0 aliphatic rings. The van der Waals surface area contributed by atoms with Crippen molar-refractivity contribution < 1.29 is 13.6 Å². The molecule has 0 saturated heterocycles. The van der Waals surface area contributed by atoms with E-state index in [4.69, 9.17) is 0 Å². The number of benzene rings is 3. The second-order valence-electron chi connectivity index (χ2n) is 8.17. The van der Waals surface area contributed by atoms with Crippen LogP contribution >= 0.6 is 0 Å². The van der Waals surface area contributed by atoms with E-state index >= 15 is 0 Å². The van der Waals surface area contributed by atoms with E-state index < -0.39 is 6.04 Å². The van der Waals surface area contributed by atoms with Gasteiger partial charge in [-0.15, -0.1) is 0 Å². The lowest BCUT2D eigenvalue weighted by atomic mass is 10.1. The Bertz CT molecular complexity index is 1300. The van der Waals surface area contributed by atoms with Crippen LogP contribution in [0, 0.1) is 25.5 Å². The van der Waals surface area contributed by atoms with Crippen LogP contribution in [0.3, 0.4) is 0 Å². The highest BCUT2D eigenvalue weighted by atomic mass is 19.1. The van der Waals surface area contributed by atoms with Gasteiger partial charge in [0.05, 0.1) is 0 Å². The summed E-state index contributed by atoms with van der Waals surface area (Å²) in [7, 11) is 0. The van der Waals surface area contributed by atoms with Gasteiger partial charge in [0.2, 0.25) is 23.8 Å². The highest BCUT2D eigenvalue weighted by Gasteiger charge is 2.17. The van der Waals surface area contributed by atoms with Crippen molar-refractivity contribution in [3.8, 4) is 0 Å². The van der Waals surface area contributed by atoms with Crippen LogP contribution < -0.4 is 21.3 Å². The fourth-order valence-corrected chi connectivity index (χ4v) is 3.26. The third-order valence-corrected chi connectivity index (χ3v) is 5.44. The zero-order valence-corrected chi connectivity index (χ0v) is 19.9. The molecule has 1 atom stereocenters. The smallest absolute Gasteiger partial charge is 0.246 e. The van der Waals surface area contributed by atoms with Crippen molar-refractivity contribution in [2.45, 2.75) is 26.8 Å². The van der Waals surface area contributed by atoms with E-state index in [1.54, 1.807) is 31.2 Å². The van der Waals surface area contributed by atoms with Gasteiger partial charge < -0.3 is 21.3 Å². The molecule has 0 spiro atoms. The number of hydrogen-bond donors (Lipinski definition) is 4. The minimum absolute atomic E-state index is 0.128. The average Bonchev–Trinajstić information content (AvgIpc) is 2.85. The van der Waals surface area contributed by atoms with Crippen LogP contribution in [-0.2, 0) is 4.79 Å². The van der Waals surface area contributed by atoms with Crippen LogP contribution in [0.1, 0.15) is 18.1 Å². The second-order valence-corrected chi connectivity index (χ2v) is 8.17. The summed E-state index contributed by atoms with van der Waals surface area (Å²) in [5, 5.41) is 11.9. The molecule has 4 rings (SSSR count). The highest BCUT2D eigenvalue weighted by molar-refractivity contribution is 5.96. The summed E-state index contributed by atoms with van der Waals surface area (Å²) in [5.74, 6) is -0.577. The van der Waals surface area contributed by atoms with Gasteiger partial charge in [-0.25, -0.2) is 8.78 Å². The molecule has 0 fully saturated rings. The molecule has 0 radical (unpaired) electrons. The fraction of sp³-hybridized carbons (Fsp3) is 0.154. The van der Waals surface area contributed by atoms with Crippen molar-refractivity contribution in [2.75, 3.05) is 21.3 Å². The first kappa shape index (κ1) is 24.5. The Morgan fingerprint density at radius 2 is 1.25 bits per heavy atom. The SMILES string of the molecule is Cc1cccc(NC(=O)C(C)Nc2nc(Nc3ccc(F)cc3)nc(Nc3ccc(F)cc3)n2)c1C. The third-order valence-electron chi connectivity index (χ3n) is 5.44. The Morgan fingerprint density at radius 1 is 0.750 bits per heavy atom. The molecule has 8 nitrogen and oxygen atoms in total. The van der Waals surface area contributed by atoms with Crippen molar-refractivity contribution in [1.29, 1.82) is 0 Å². The fourth-order valence-electron chi connectivity index (χ4n) is 3.26. The second kappa shape index (κ2) is 10.8. The van der Waals surface area contributed by atoms with E-state index in [2.05, 4.69) is 36.2 Å². The van der Waals surface area contributed by atoms with Gasteiger partial charge in [0.1, 0.15) is 17.7 Å². The van der Waals surface area contributed by atoms with Crippen LogP contribution in [0.25, 0.3) is 0 Å². The third kappa shape index (κ3) is 6.29. The summed E-state index contributed by atoms with van der Waals surface area (Å²) >= 11 is 0. The predicted molar refractivity (Wildman–Crippen MR) is 137 cm³/mol. The van der Waals surface area contributed by atoms with Crippen molar-refractivity contribution in [2.24, 2.45) is 0 Å². The van der Waals surface area contributed by atoms with Gasteiger partial charge >= 0.3 is 0 Å². The molecule has 1 unspecified atom stereocenters. The van der Waals surface area contributed by atoms with Gasteiger partial charge in [0, 0.05) is 17.1 Å². The van der Waals surface area contributed by atoms with Crippen molar-refractivity contribution in [1.82, 2.24) is 15.0 Å². The Hall–Kier alpha value is -4.60. The number of hydrogen-bond acceptors (Lipinski definition) is 7. The molecule has 1 amide bonds. The largest absolute Gasteiger partial charge is 0.342 e. The van der Waals surface area contributed by atoms with Crippen LogP contribution in [0.2, 0.25) is 0 Å². The van der Waals surface area contributed by atoms with Gasteiger partial charge in [0.25, 0.3) is 0 Å². The number of carbonyl (C=O) groups is 1. The lowest BCUT2D eigenvalue weighted by Gasteiger charge is -2.17. The van der Waals surface area contributed by atoms with E-state index in [9.17, 15) is 13.6 Å². The summed E-state index contributed by atoms with van der Waals surface area (Å²) in [4.78, 5) is 25.9. The number of halogens is 2. The number of aryl methyl sites for hydroxylation is 1. The first-order valence-electron chi connectivity index (χ1n) is 11.2. The van der Waals surface area contributed by atoms with Crippen LogP contribution in [0.5, 0.6) is 0 Å². The zero-order chi connectivity index (χ0) is 25.7. The van der Waals surface area contributed by atoms with Gasteiger partial charge in [0.15, 0.2) is 0 Å². The first-order valence-corrected chi connectivity index (χ1v) is 11.2. The summed E-state index contributed by atoms with van der Waals surface area (Å²) in [6, 6.07) is 16.4. The molecule has 184 valence electrons. The monoisotopic (exact) mass is 489 g/mol. The quantitative estimate of drug-likeness (QED) is 0.252. The molecule has 1 aromatic heterocycles. The zero-order valence-electron chi connectivity index (χ0n) is 19.9. The average molecular weight is 490 g/mol. The number of amides is 1.